The first-order chi connectivity index (χ1) is 69.9. The van der Waals surface area contributed by atoms with E-state index in [9.17, 15) is 78.0 Å². The zero-order valence-corrected chi connectivity index (χ0v) is 83.8. The molecule has 8 rings (SSSR count). The molecule has 3 aromatic carbocycles. The molecule has 147 heavy (non-hydrogen) atoms. The van der Waals surface area contributed by atoms with Crippen molar-refractivity contribution < 1.29 is 121 Å². The summed E-state index contributed by atoms with van der Waals surface area (Å²) in [5.41, 5.74) is 23.8. The third kappa shape index (κ3) is 37.2. The van der Waals surface area contributed by atoms with Crippen LogP contribution in [0.4, 0.5) is 0 Å². The largest absolute Gasteiger partial charge is 0.508 e. The monoisotopic (exact) mass is 2090 g/mol. The fraction of sp³-hybridized carbons (Fsp3) is 0.532. The van der Waals surface area contributed by atoms with Gasteiger partial charge in [-0.3, -0.25) is 101 Å². The Morgan fingerprint density at radius 1 is 0.544 bits per heavy atom. The summed E-state index contributed by atoms with van der Waals surface area (Å²) in [6.45, 7) is 4.12. The number of likely N-dealkylation sites (tertiary alicyclic amines) is 1. The number of rotatable bonds is 41. The zero-order valence-electron chi connectivity index (χ0n) is 82.2. The maximum absolute atomic E-state index is 15.8. The van der Waals surface area contributed by atoms with Gasteiger partial charge in [0.15, 0.2) is 0 Å². The second kappa shape index (κ2) is 58.7. The summed E-state index contributed by atoms with van der Waals surface area (Å²) >= 11 is 0. The van der Waals surface area contributed by atoms with Gasteiger partial charge in [0.1, 0.15) is 96.4 Å². The number of carbonyl (C=O) groups excluding carboxylic acids is 21. The Bertz CT molecular complexity index is 5430. The van der Waals surface area contributed by atoms with Crippen LogP contribution in [0.5, 0.6) is 5.75 Å². The molecule has 3 aliphatic rings. The van der Waals surface area contributed by atoms with Crippen molar-refractivity contribution in [3.05, 3.63) is 120 Å². The summed E-state index contributed by atoms with van der Waals surface area (Å²) in [5.74, 6) is -24.1. The maximum atomic E-state index is 15.8. The van der Waals surface area contributed by atoms with Crippen LogP contribution in [0, 0.1) is 11.8 Å². The summed E-state index contributed by atoms with van der Waals surface area (Å²) in [5, 5.41) is 86.7. The van der Waals surface area contributed by atoms with Crippen LogP contribution in [-0.2, 0) is 126 Å². The highest BCUT2D eigenvalue weighted by molar-refractivity contribution is 8.76. The van der Waals surface area contributed by atoms with E-state index < -0.39 is 303 Å². The number of imidazole rings is 1. The molecule has 5 aromatic rings. The van der Waals surface area contributed by atoms with E-state index >= 15 is 43.2 Å². The Balaban J connectivity index is 1.25. The molecule has 0 aliphatic carbocycles. The number of fused-ring (bicyclic) bond motifs is 2. The molecule has 0 bridgehead atoms. The standard InChI is InChI=1S/C94H134N26O25S2/c1-48(2)32-65-94(145)119-30-14-21-69(119)88(139)103-43-76(130)107-61(33-52-16-8-7-9-17-52)81(132)110-64(36-55-39-99-47-105-55)83(134)115-67(86(137)109-62(34-53-23-25-56(124)26-24-53)82(133)113-66(44-121)85(136)117-78(50(5)122)90(141)104-41-74(128)101-40-72(98)126)45-146-147-46-68(87(138)116-77(49(3)4)91(142)111-63(84(135)118-79(51(6)123)92(143)112-65)35-54-38-100-58-19-11-10-18-57(54)58)114-80(131)59(20-12-13-29-95)108-89(140)70-22-15-31-120(70)93(144)60(27-28-71(97)125)106-75(129)42-102-73(127)37-96/h7-11,16-19,23-26,38-39,47-51,59-70,77-79,100,121-124H,12-15,20-22,27-37,40-46,95-96H2,1-6H3,(H2,97,125)(H2,98,126)(H,99,105)(H,101,128)(H,102,127)(H,103,139)(H,104,141)(H,106,129)(H,107,130)(H,108,140)(H,109,137)(H,110,132)(H,111,142)(H,112,143)(H,113,133)(H,114,131)(H,115,134)(H,116,138)(H,117,136)(H,118,135)/t50-,51-,59+,60+,61+,62+,63+,64+,65+,66+,67+,68-,69+,70+,77+,78+,79+/m1/s1. The number of aliphatic hydroxyl groups is 3. The van der Waals surface area contributed by atoms with Gasteiger partial charge in [-0.2, -0.15) is 0 Å². The molecule has 21 amide bonds. The lowest BCUT2D eigenvalue weighted by molar-refractivity contribution is -0.143. The van der Waals surface area contributed by atoms with E-state index in [2.05, 4.69) is 105 Å². The van der Waals surface area contributed by atoms with Crippen molar-refractivity contribution in [1.82, 2.24) is 115 Å². The van der Waals surface area contributed by atoms with Gasteiger partial charge in [-0.05, 0) is 125 Å². The lowest BCUT2D eigenvalue weighted by Gasteiger charge is -2.31. The Morgan fingerprint density at radius 3 is 1.83 bits per heavy atom. The second-order valence-corrected chi connectivity index (χ2v) is 39.1. The number of hydrogen-bond acceptors (Lipinski definition) is 30. The minimum absolute atomic E-state index is 0.0218. The normalized spacial score (nSPS) is 21.4. The van der Waals surface area contributed by atoms with Crippen molar-refractivity contribution in [1.29, 1.82) is 0 Å². The number of hydrogen-bond donors (Lipinski definition) is 27. The van der Waals surface area contributed by atoms with Crippen LogP contribution in [0.15, 0.2) is 97.6 Å². The summed E-state index contributed by atoms with van der Waals surface area (Å²) in [7, 11) is 1.42. The van der Waals surface area contributed by atoms with Gasteiger partial charge >= 0.3 is 0 Å². The minimum atomic E-state index is -2.04. The number of nitrogens with two attached hydrogens (primary N) is 4. The Labute approximate surface area is 853 Å². The fourth-order valence-electron chi connectivity index (χ4n) is 16.3. The highest BCUT2D eigenvalue weighted by Crippen LogP contribution is 2.28. The van der Waals surface area contributed by atoms with E-state index in [4.69, 9.17) is 22.9 Å². The molecule has 5 heterocycles. The minimum Gasteiger partial charge on any atom is -0.508 e. The molecule has 51 nitrogen and oxygen atoms in total. The summed E-state index contributed by atoms with van der Waals surface area (Å²) < 4.78 is 0. The predicted molar refractivity (Wildman–Crippen MR) is 532 cm³/mol. The number of benzene rings is 3. The molecule has 0 spiro atoms. The predicted octanol–water partition coefficient (Wildman–Crippen LogP) is -8.69. The van der Waals surface area contributed by atoms with E-state index in [0.29, 0.717) is 32.8 Å². The average molecular weight is 2090 g/mol. The van der Waals surface area contributed by atoms with Gasteiger partial charge in [0.2, 0.25) is 124 Å². The molecular formula is C94H134N26O25S2. The lowest BCUT2D eigenvalue weighted by Crippen LogP contribution is -2.63. The van der Waals surface area contributed by atoms with Gasteiger partial charge in [0, 0.05) is 80.0 Å². The molecule has 3 aliphatic heterocycles. The average Bonchev–Trinajstić information content (AvgIpc) is 1.71. The van der Waals surface area contributed by atoms with Gasteiger partial charge < -0.3 is 154 Å². The van der Waals surface area contributed by atoms with Crippen molar-refractivity contribution >= 4 is 157 Å². The van der Waals surface area contributed by atoms with Crippen LogP contribution < -0.4 is 113 Å². The van der Waals surface area contributed by atoms with E-state index in [0.717, 1.165) is 22.6 Å². The molecule has 3 saturated heterocycles. The van der Waals surface area contributed by atoms with Crippen LogP contribution in [0.1, 0.15) is 128 Å². The Kier molecular flexibility index (Phi) is 47.0. The van der Waals surface area contributed by atoms with E-state index in [-0.39, 0.29) is 113 Å². The summed E-state index contributed by atoms with van der Waals surface area (Å²) in [6.07, 6.45) is -1.19. The van der Waals surface area contributed by atoms with Crippen LogP contribution in [0.25, 0.3) is 10.9 Å². The number of carbonyl (C=O) groups is 21. The first-order valence-corrected chi connectivity index (χ1v) is 50.6. The summed E-state index contributed by atoms with van der Waals surface area (Å²) in [4.78, 5) is 313. The van der Waals surface area contributed by atoms with Crippen molar-refractivity contribution in [2.75, 3.05) is 70.5 Å². The number of aromatic amines is 2. The van der Waals surface area contributed by atoms with Crippen molar-refractivity contribution in [3.8, 4) is 5.75 Å². The van der Waals surface area contributed by atoms with E-state index in [1.54, 1.807) is 74.6 Å². The number of para-hydroxylation sites is 1. The van der Waals surface area contributed by atoms with Crippen LogP contribution in [0.2, 0.25) is 0 Å². The fourth-order valence-corrected chi connectivity index (χ4v) is 18.6. The molecule has 802 valence electrons. The molecular weight excluding hydrogens is 1960 g/mol. The topological polar surface area (TPSA) is 799 Å². The van der Waals surface area contributed by atoms with Crippen molar-refractivity contribution in [2.24, 2.45) is 34.8 Å². The number of H-pyrrole nitrogens is 2. The third-order valence-corrected chi connectivity index (χ3v) is 26.5. The highest BCUT2D eigenvalue weighted by Gasteiger charge is 2.45. The summed E-state index contributed by atoms with van der Waals surface area (Å²) in [6, 6.07) is -5.36. The van der Waals surface area contributed by atoms with Crippen molar-refractivity contribution in [3.63, 3.8) is 0 Å². The lowest BCUT2D eigenvalue weighted by atomic mass is 9.99. The number of amides is 21. The third-order valence-electron chi connectivity index (χ3n) is 24.1. The maximum Gasteiger partial charge on any atom is 0.245 e. The molecule has 0 saturated carbocycles. The number of primary amides is 2. The number of aromatic nitrogens is 3. The molecule has 3 fully saturated rings. The van der Waals surface area contributed by atoms with Gasteiger partial charge in [0.05, 0.1) is 63.6 Å². The van der Waals surface area contributed by atoms with E-state index in [1.165, 1.54) is 62.5 Å². The first kappa shape index (κ1) is 118. The van der Waals surface area contributed by atoms with Crippen molar-refractivity contribution in [2.45, 2.75) is 234 Å². The van der Waals surface area contributed by atoms with Crippen LogP contribution in [-0.4, -0.2) is 343 Å². The number of phenols is 1. The number of unbranched alkanes of at least 4 members (excludes halogenated alkanes) is 1. The molecule has 17 atom stereocenters. The van der Waals surface area contributed by atoms with Crippen LogP contribution in [0.3, 0.4) is 0 Å². The Morgan fingerprint density at radius 2 is 1.17 bits per heavy atom. The van der Waals surface area contributed by atoms with Gasteiger partial charge in [-0.25, -0.2) is 4.98 Å². The van der Waals surface area contributed by atoms with Gasteiger partial charge in [0.25, 0.3) is 0 Å². The molecule has 53 heteroatoms. The zero-order chi connectivity index (χ0) is 108. The second-order valence-electron chi connectivity index (χ2n) is 36.5. The van der Waals surface area contributed by atoms with E-state index in [1.807, 2.05) is 0 Å². The van der Waals surface area contributed by atoms with Gasteiger partial charge in [-0.1, -0.05) is 110 Å². The first-order valence-electron chi connectivity index (χ1n) is 48.1. The highest BCUT2D eigenvalue weighted by atomic mass is 33.1. The smallest absolute Gasteiger partial charge is 0.245 e. The Hall–Kier alpha value is -14.4. The number of phenolic OH excluding ortho intramolecular Hbond substituents is 1. The van der Waals surface area contributed by atoms with Gasteiger partial charge in [-0.15, -0.1) is 0 Å². The number of aliphatic hydroxyl groups excluding tert-OH is 3. The SMILES string of the molecule is CC(C)C[C@@H]1NC(=O)[C@H]([C@@H](C)O)NC(=O)[C@H](Cc2c[nH]c3ccccc23)NC(=O)[C@H](C(C)C)NC(=O)[C@H](NC(=O)[C@H](CCCCN)NC(=O)[C@@H]2CCCN2C(=O)[C@H](CCC(N)=O)NC(=O)CNC(=O)CN)CSSC[C@@H](C(=O)N[C@@H](Cc2ccc(O)cc2)C(=O)N[C@@H](CO)C(=O)N[C@H](C(=O)NCC(=O)NCC(N)=O)[C@@H](C)O)NC(=O)[C@H](Cc2c[nH]cn2)NC(=O)[C@H](Cc2ccccc2)NC(=O)CNC(=O)[C@@H]2CCCN2C1=O. The molecule has 2 aromatic heterocycles. The number of nitrogens with one attached hydrogen (secondary N) is 19. The molecule has 0 radical (unpaired) electrons. The number of aromatic hydroxyl groups is 1. The molecule has 0 unspecified atom stereocenters. The van der Waals surface area contributed by atoms with Crippen LogP contribution >= 0.6 is 21.6 Å². The number of nitrogens with zero attached hydrogens (tertiary/aromatic N) is 3. The molecule has 31 N–H and O–H groups in total. The quantitative estimate of drug-likeness (QED) is 0.0128.